The van der Waals surface area contributed by atoms with E-state index in [1.54, 1.807) is 7.11 Å². The Balaban J connectivity index is 2.99. The van der Waals surface area contributed by atoms with E-state index in [0.717, 1.165) is 31.4 Å². The van der Waals surface area contributed by atoms with Gasteiger partial charge in [-0.25, -0.2) is 5.43 Å². The van der Waals surface area contributed by atoms with E-state index in [1.165, 1.54) is 0 Å². The fourth-order valence-corrected chi connectivity index (χ4v) is 2.50. The zero-order valence-corrected chi connectivity index (χ0v) is 11.9. The fraction of sp³-hybridized carbons (Fsp3) is 0.769. The van der Waals surface area contributed by atoms with Gasteiger partial charge in [-0.15, -0.1) is 0 Å². The Labute approximate surface area is 110 Å². The van der Waals surface area contributed by atoms with Gasteiger partial charge in [0, 0.05) is 25.4 Å². The summed E-state index contributed by atoms with van der Waals surface area (Å²) in [7, 11) is 1.74. The number of hydrogen-bond acceptors (Lipinski definition) is 4. The summed E-state index contributed by atoms with van der Waals surface area (Å²) in [4.78, 5) is 0. The van der Waals surface area contributed by atoms with Crippen molar-refractivity contribution in [3.05, 3.63) is 18.0 Å². The first-order valence-electron chi connectivity index (χ1n) is 6.71. The van der Waals surface area contributed by atoms with Crippen molar-refractivity contribution in [2.45, 2.75) is 58.2 Å². The highest BCUT2D eigenvalue weighted by molar-refractivity contribution is 5.16. The van der Waals surface area contributed by atoms with E-state index in [2.05, 4.69) is 31.3 Å². The van der Waals surface area contributed by atoms with Gasteiger partial charge in [0.25, 0.3) is 0 Å². The van der Waals surface area contributed by atoms with Gasteiger partial charge in [0.1, 0.15) is 0 Å². The molecule has 1 aromatic heterocycles. The number of hydrogen-bond donors (Lipinski definition) is 2. The fourth-order valence-electron chi connectivity index (χ4n) is 2.50. The van der Waals surface area contributed by atoms with Crippen LogP contribution in [0.4, 0.5) is 0 Å². The molecule has 104 valence electrons. The molecule has 0 saturated carbocycles. The molecule has 0 fully saturated rings. The van der Waals surface area contributed by atoms with E-state index in [9.17, 15) is 0 Å². The van der Waals surface area contributed by atoms with E-state index >= 15 is 0 Å². The third kappa shape index (κ3) is 2.91. The molecule has 0 radical (unpaired) electrons. The molecular weight excluding hydrogens is 228 g/mol. The Bertz CT molecular complexity index is 338. The number of nitrogens with zero attached hydrogens (tertiary/aromatic N) is 2. The van der Waals surface area contributed by atoms with Crippen LogP contribution in [0.5, 0.6) is 0 Å². The van der Waals surface area contributed by atoms with Crippen LogP contribution in [-0.2, 0) is 11.3 Å². The largest absolute Gasteiger partial charge is 0.376 e. The van der Waals surface area contributed by atoms with Gasteiger partial charge in [-0.1, -0.05) is 20.8 Å². The zero-order chi connectivity index (χ0) is 13.6. The first-order chi connectivity index (χ1) is 8.67. The van der Waals surface area contributed by atoms with Gasteiger partial charge < -0.3 is 4.74 Å². The van der Waals surface area contributed by atoms with Gasteiger partial charge >= 0.3 is 0 Å². The molecule has 0 aromatic carbocycles. The van der Waals surface area contributed by atoms with Crippen LogP contribution >= 0.6 is 0 Å². The van der Waals surface area contributed by atoms with Crippen LogP contribution < -0.4 is 11.3 Å². The molecule has 1 heterocycles. The number of nitrogens with one attached hydrogen (secondary N) is 1. The predicted octanol–water partition coefficient (Wildman–Crippen LogP) is 2.00. The molecule has 5 nitrogen and oxygen atoms in total. The summed E-state index contributed by atoms with van der Waals surface area (Å²) >= 11 is 0. The van der Waals surface area contributed by atoms with Crippen molar-refractivity contribution in [2.24, 2.45) is 5.84 Å². The van der Waals surface area contributed by atoms with Crippen molar-refractivity contribution in [3.8, 4) is 0 Å². The van der Waals surface area contributed by atoms with Gasteiger partial charge in [0.2, 0.25) is 0 Å². The van der Waals surface area contributed by atoms with Crippen molar-refractivity contribution in [1.82, 2.24) is 15.2 Å². The minimum atomic E-state index is -0.283. The second-order valence-electron chi connectivity index (χ2n) is 4.61. The third-order valence-electron chi connectivity index (χ3n) is 3.74. The Morgan fingerprint density at radius 1 is 1.44 bits per heavy atom. The standard InChI is InChI=1S/C13H26N4O/c1-5-8-17-10-11(9-15-17)12(16-14)13(6-2,7-3)18-4/h9-10,12,16H,5-8,14H2,1-4H3. The van der Waals surface area contributed by atoms with Crippen molar-refractivity contribution < 1.29 is 4.74 Å². The predicted molar refractivity (Wildman–Crippen MR) is 72.9 cm³/mol. The van der Waals surface area contributed by atoms with Crippen molar-refractivity contribution in [2.75, 3.05) is 7.11 Å². The normalized spacial score (nSPS) is 13.8. The molecule has 18 heavy (non-hydrogen) atoms. The van der Waals surface area contributed by atoms with Crippen LogP contribution in [0.15, 0.2) is 12.4 Å². The molecule has 0 saturated heterocycles. The van der Waals surface area contributed by atoms with Crippen LogP contribution in [0.3, 0.4) is 0 Å². The lowest BCUT2D eigenvalue weighted by Gasteiger charge is -2.37. The summed E-state index contributed by atoms with van der Waals surface area (Å²) in [6.07, 6.45) is 6.78. The first-order valence-corrected chi connectivity index (χ1v) is 6.71. The van der Waals surface area contributed by atoms with Crippen LogP contribution in [0.2, 0.25) is 0 Å². The highest BCUT2D eigenvalue weighted by Crippen LogP contribution is 2.34. The van der Waals surface area contributed by atoms with Crippen LogP contribution in [0.25, 0.3) is 0 Å². The number of hydrazine groups is 1. The molecule has 3 N–H and O–H groups in total. The molecule has 1 atom stereocenters. The number of aromatic nitrogens is 2. The Morgan fingerprint density at radius 2 is 2.11 bits per heavy atom. The summed E-state index contributed by atoms with van der Waals surface area (Å²) in [6.45, 7) is 7.30. The molecule has 0 bridgehead atoms. The topological polar surface area (TPSA) is 65.1 Å². The third-order valence-corrected chi connectivity index (χ3v) is 3.74. The van der Waals surface area contributed by atoms with E-state index in [4.69, 9.17) is 10.6 Å². The van der Waals surface area contributed by atoms with Gasteiger partial charge in [0.05, 0.1) is 17.8 Å². The van der Waals surface area contributed by atoms with E-state index in [1.807, 2.05) is 17.1 Å². The maximum Gasteiger partial charge on any atom is 0.0881 e. The first kappa shape index (κ1) is 15.1. The summed E-state index contributed by atoms with van der Waals surface area (Å²) in [5.74, 6) is 5.73. The zero-order valence-electron chi connectivity index (χ0n) is 11.9. The number of rotatable bonds is 8. The highest BCUT2D eigenvalue weighted by atomic mass is 16.5. The van der Waals surface area contributed by atoms with E-state index < -0.39 is 0 Å². The summed E-state index contributed by atoms with van der Waals surface area (Å²) in [5, 5.41) is 4.36. The molecule has 0 spiro atoms. The summed E-state index contributed by atoms with van der Waals surface area (Å²) in [6, 6.07) is -0.0388. The molecule has 5 heteroatoms. The minimum Gasteiger partial charge on any atom is -0.376 e. The minimum absolute atomic E-state index is 0.0388. The van der Waals surface area contributed by atoms with Crippen molar-refractivity contribution in [3.63, 3.8) is 0 Å². The quantitative estimate of drug-likeness (QED) is 0.550. The Hall–Kier alpha value is -0.910. The lowest BCUT2D eigenvalue weighted by Crippen LogP contribution is -2.47. The molecule has 0 amide bonds. The molecule has 0 aliphatic carbocycles. The van der Waals surface area contributed by atoms with Crippen molar-refractivity contribution in [1.29, 1.82) is 0 Å². The number of ether oxygens (including phenoxy) is 1. The maximum atomic E-state index is 5.73. The number of aryl methyl sites for hydroxylation is 1. The molecular formula is C13H26N4O. The van der Waals surface area contributed by atoms with E-state index in [0.29, 0.717) is 0 Å². The summed E-state index contributed by atoms with van der Waals surface area (Å²) in [5.41, 5.74) is 3.69. The molecule has 1 unspecified atom stereocenters. The smallest absolute Gasteiger partial charge is 0.0881 e. The van der Waals surface area contributed by atoms with Crippen LogP contribution in [0.1, 0.15) is 51.6 Å². The number of nitrogens with two attached hydrogens (primary N) is 1. The molecule has 1 aromatic rings. The van der Waals surface area contributed by atoms with Gasteiger partial charge in [-0.3, -0.25) is 10.5 Å². The van der Waals surface area contributed by atoms with Gasteiger partial charge in [-0.2, -0.15) is 5.10 Å². The highest BCUT2D eigenvalue weighted by Gasteiger charge is 2.37. The second-order valence-corrected chi connectivity index (χ2v) is 4.61. The monoisotopic (exact) mass is 254 g/mol. The molecule has 0 aliphatic heterocycles. The maximum absolute atomic E-state index is 5.73. The van der Waals surface area contributed by atoms with Crippen molar-refractivity contribution >= 4 is 0 Å². The van der Waals surface area contributed by atoms with Gasteiger partial charge in [-0.05, 0) is 19.3 Å². The summed E-state index contributed by atoms with van der Waals surface area (Å²) < 4.78 is 7.68. The second kappa shape index (κ2) is 6.87. The lowest BCUT2D eigenvalue weighted by atomic mass is 9.85. The lowest BCUT2D eigenvalue weighted by molar-refractivity contribution is -0.0487. The van der Waals surface area contributed by atoms with Crippen LogP contribution in [0, 0.1) is 0 Å². The van der Waals surface area contributed by atoms with Crippen LogP contribution in [-0.4, -0.2) is 22.5 Å². The Kier molecular flexibility index (Phi) is 5.78. The van der Waals surface area contributed by atoms with E-state index in [-0.39, 0.29) is 11.6 Å². The number of methoxy groups -OCH3 is 1. The average Bonchev–Trinajstić information content (AvgIpc) is 2.85. The Morgan fingerprint density at radius 3 is 2.56 bits per heavy atom. The average molecular weight is 254 g/mol. The SMILES string of the molecule is CCCn1cc(C(NN)C(CC)(CC)OC)cn1. The molecule has 0 aliphatic rings. The van der Waals surface area contributed by atoms with Gasteiger partial charge in [0.15, 0.2) is 0 Å². The molecule has 1 rings (SSSR count).